The first-order valence-corrected chi connectivity index (χ1v) is 6.28. The van der Waals surface area contributed by atoms with E-state index in [0.717, 1.165) is 22.3 Å². The van der Waals surface area contributed by atoms with Gasteiger partial charge in [0.15, 0.2) is 0 Å². The Morgan fingerprint density at radius 2 is 2.13 bits per heavy atom. The molecule has 1 aromatic carbocycles. The molecular weight excluding hydrogens is 252 g/mol. The Bertz CT molecular complexity index is 312. The predicted octanol–water partition coefficient (Wildman–Crippen LogP) is 4.02. The Hall–Kier alpha value is -0.700. The lowest BCUT2D eigenvalue weighted by atomic mass is 10.1. The maximum atomic E-state index is 5.91. The highest BCUT2D eigenvalue weighted by Gasteiger charge is 2.07. The zero-order chi connectivity index (χ0) is 11.3. The summed E-state index contributed by atoms with van der Waals surface area (Å²) in [5, 5.41) is 3.48. The summed E-state index contributed by atoms with van der Waals surface area (Å²) < 4.78 is 1.06. The fraction of sp³-hybridized carbons (Fsp3) is 0.500. The van der Waals surface area contributed by atoms with Crippen LogP contribution >= 0.6 is 15.9 Å². The quantitative estimate of drug-likeness (QED) is 0.794. The van der Waals surface area contributed by atoms with Crippen LogP contribution in [0, 0.1) is 0 Å². The fourth-order valence-electron chi connectivity index (χ4n) is 1.60. The zero-order valence-electron chi connectivity index (χ0n) is 9.39. The van der Waals surface area contributed by atoms with E-state index in [1.807, 2.05) is 18.2 Å². The molecule has 84 valence electrons. The van der Waals surface area contributed by atoms with Crippen LogP contribution < -0.4 is 11.1 Å². The van der Waals surface area contributed by atoms with Gasteiger partial charge in [0.05, 0.1) is 11.4 Å². The van der Waals surface area contributed by atoms with Crippen molar-refractivity contribution in [3.8, 4) is 0 Å². The largest absolute Gasteiger partial charge is 0.397 e. The molecule has 0 radical (unpaired) electrons. The van der Waals surface area contributed by atoms with Crippen molar-refractivity contribution in [2.45, 2.75) is 39.2 Å². The molecule has 1 rings (SSSR count). The minimum Gasteiger partial charge on any atom is -0.397 e. The molecule has 15 heavy (non-hydrogen) atoms. The summed E-state index contributed by atoms with van der Waals surface area (Å²) in [6.07, 6.45) is 3.50. The maximum absolute atomic E-state index is 5.91. The summed E-state index contributed by atoms with van der Waals surface area (Å²) in [5.41, 5.74) is 7.75. The van der Waals surface area contributed by atoms with E-state index >= 15 is 0 Å². The number of anilines is 2. The molecular formula is C12H19BrN2. The van der Waals surface area contributed by atoms with Crippen LogP contribution in [0.2, 0.25) is 0 Å². The molecule has 0 aromatic heterocycles. The van der Waals surface area contributed by atoms with Gasteiger partial charge in [0.25, 0.3) is 0 Å². The van der Waals surface area contributed by atoms with Crippen LogP contribution in [-0.2, 0) is 0 Å². The van der Waals surface area contributed by atoms with E-state index in [1.54, 1.807) is 0 Å². The van der Waals surface area contributed by atoms with Gasteiger partial charge in [0.1, 0.15) is 0 Å². The van der Waals surface area contributed by atoms with Crippen molar-refractivity contribution in [2.24, 2.45) is 0 Å². The summed E-state index contributed by atoms with van der Waals surface area (Å²) in [7, 11) is 0. The molecule has 0 spiro atoms. The monoisotopic (exact) mass is 270 g/mol. The van der Waals surface area contributed by atoms with Crippen LogP contribution in [0.3, 0.4) is 0 Å². The van der Waals surface area contributed by atoms with Gasteiger partial charge < -0.3 is 11.1 Å². The number of nitrogens with one attached hydrogen (secondary N) is 1. The molecule has 0 saturated carbocycles. The summed E-state index contributed by atoms with van der Waals surface area (Å²) in [5.74, 6) is 0. The number of rotatable bonds is 5. The Morgan fingerprint density at radius 3 is 2.73 bits per heavy atom. The summed E-state index contributed by atoms with van der Waals surface area (Å²) >= 11 is 3.45. The minimum absolute atomic E-state index is 0.520. The molecule has 1 unspecified atom stereocenters. The molecule has 0 aliphatic rings. The van der Waals surface area contributed by atoms with Gasteiger partial charge in [-0.3, -0.25) is 0 Å². The third kappa shape index (κ3) is 3.74. The number of nitrogens with two attached hydrogens (primary N) is 1. The number of halogens is 1. The Labute approximate surface area is 100 Å². The summed E-state index contributed by atoms with van der Waals surface area (Å²) in [6.45, 7) is 4.40. The van der Waals surface area contributed by atoms with Crippen molar-refractivity contribution in [1.29, 1.82) is 0 Å². The van der Waals surface area contributed by atoms with Gasteiger partial charge in [-0.1, -0.05) is 36.2 Å². The molecule has 3 N–H and O–H groups in total. The van der Waals surface area contributed by atoms with Gasteiger partial charge in [0, 0.05) is 10.5 Å². The van der Waals surface area contributed by atoms with Gasteiger partial charge in [0.2, 0.25) is 0 Å². The fourth-order valence-corrected chi connectivity index (χ4v) is 1.96. The molecule has 0 bridgehead atoms. The van der Waals surface area contributed by atoms with E-state index in [0.29, 0.717) is 6.04 Å². The highest BCUT2D eigenvalue weighted by atomic mass is 79.9. The van der Waals surface area contributed by atoms with Crippen molar-refractivity contribution in [3.63, 3.8) is 0 Å². The van der Waals surface area contributed by atoms with Gasteiger partial charge in [-0.05, 0) is 31.0 Å². The molecule has 0 fully saturated rings. The molecule has 2 nitrogen and oxygen atoms in total. The second-order valence-electron chi connectivity index (χ2n) is 3.77. The summed E-state index contributed by atoms with van der Waals surface area (Å²) in [6, 6.07) is 6.44. The highest BCUT2D eigenvalue weighted by molar-refractivity contribution is 9.10. The predicted molar refractivity (Wildman–Crippen MR) is 71.2 cm³/mol. The van der Waals surface area contributed by atoms with Gasteiger partial charge in [-0.25, -0.2) is 0 Å². The van der Waals surface area contributed by atoms with Crippen molar-refractivity contribution >= 4 is 27.3 Å². The second kappa shape index (κ2) is 6.01. The van der Waals surface area contributed by atoms with E-state index in [2.05, 4.69) is 35.1 Å². The van der Waals surface area contributed by atoms with E-state index in [4.69, 9.17) is 5.73 Å². The van der Waals surface area contributed by atoms with E-state index in [1.165, 1.54) is 12.8 Å². The molecule has 0 aliphatic heterocycles. The van der Waals surface area contributed by atoms with Crippen LogP contribution in [0.25, 0.3) is 0 Å². The molecule has 0 heterocycles. The number of benzene rings is 1. The lowest BCUT2D eigenvalue weighted by Crippen LogP contribution is -2.18. The first-order chi connectivity index (χ1) is 7.17. The Morgan fingerprint density at radius 1 is 1.40 bits per heavy atom. The van der Waals surface area contributed by atoms with Crippen LogP contribution in [0.5, 0.6) is 0 Å². The third-order valence-corrected chi connectivity index (χ3v) is 3.00. The Balaban J connectivity index is 2.73. The molecule has 0 aliphatic carbocycles. The SMILES string of the molecule is CCCC(CC)Nc1cc(Br)ccc1N. The highest BCUT2D eigenvalue weighted by Crippen LogP contribution is 2.25. The lowest BCUT2D eigenvalue weighted by Gasteiger charge is -2.19. The first kappa shape index (κ1) is 12.4. The molecule has 0 amide bonds. The van der Waals surface area contributed by atoms with E-state index in [9.17, 15) is 0 Å². The molecule has 1 aromatic rings. The van der Waals surface area contributed by atoms with Gasteiger partial charge in [-0.15, -0.1) is 0 Å². The van der Waals surface area contributed by atoms with Crippen LogP contribution in [0.1, 0.15) is 33.1 Å². The maximum Gasteiger partial charge on any atom is 0.0587 e. The number of nitrogen functional groups attached to an aromatic ring is 1. The van der Waals surface area contributed by atoms with Crippen LogP contribution in [-0.4, -0.2) is 6.04 Å². The van der Waals surface area contributed by atoms with Gasteiger partial charge in [-0.2, -0.15) is 0 Å². The molecule has 3 heteroatoms. The van der Waals surface area contributed by atoms with Crippen molar-refractivity contribution in [2.75, 3.05) is 11.1 Å². The second-order valence-corrected chi connectivity index (χ2v) is 4.69. The van der Waals surface area contributed by atoms with Gasteiger partial charge >= 0.3 is 0 Å². The lowest BCUT2D eigenvalue weighted by molar-refractivity contribution is 0.623. The third-order valence-electron chi connectivity index (χ3n) is 2.50. The van der Waals surface area contributed by atoms with E-state index < -0.39 is 0 Å². The first-order valence-electron chi connectivity index (χ1n) is 5.49. The minimum atomic E-state index is 0.520. The smallest absolute Gasteiger partial charge is 0.0587 e. The Kier molecular flexibility index (Phi) is 4.95. The standard InChI is InChI=1S/C12H19BrN2/c1-3-5-10(4-2)15-12-8-9(13)6-7-11(12)14/h6-8,10,15H,3-5,14H2,1-2H3. The van der Waals surface area contributed by atoms with Crippen molar-refractivity contribution < 1.29 is 0 Å². The molecule has 0 saturated heterocycles. The molecule has 1 atom stereocenters. The van der Waals surface area contributed by atoms with Crippen molar-refractivity contribution in [3.05, 3.63) is 22.7 Å². The number of hydrogen-bond acceptors (Lipinski definition) is 2. The van der Waals surface area contributed by atoms with Crippen molar-refractivity contribution in [1.82, 2.24) is 0 Å². The van der Waals surface area contributed by atoms with E-state index in [-0.39, 0.29) is 0 Å². The average Bonchev–Trinajstić information content (AvgIpc) is 2.22. The topological polar surface area (TPSA) is 38.0 Å². The van der Waals surface area contributed by atoms with Crippen LogP contribution in [0.15, 0.2) is 22.7 Å². The van der Waals surface area contributed by atoms with Crippen LogP contribution in [0.4, 0.5) is 11.4 Å². The average molecular weight is 271 g/mol. The normalized spacial score (nSPS) is 12.5. The number of hydrogen-bond donors (Lipinski definition) is 2. The summed E-state index contributed by atoms with van der Waals surface area (Å²) in [4.78, 5) is 0. The zero-order valence-corrected chi connectivity index (χ0v) is 11.0.